The van der Waals surface area contributed by atoms with Gasteiger partial charge in [-0.1, -0.05) is 19.4 Å². The summed E-state index contributed by atoms with van der Waals surface area (Å²) in [5.41, 5.74) is 3.92. The first-order valence-electron chi connectivity index (χ1n) is 8.66. The van der Waals surface area contributed by atoms with Crippen LogP contribution in [0.5, 0.6) is 0 Å². The second kappa shape index (κ2) is 7.42. The molecule has 3 rings (SSSR count). The molecule has 0 amide bonds. The minimum atomic E-state index is 0.276. The molecule has 0 aromatic carbocycles. The van der Waals surface area contributed by atoms with Crippen molar-refractivity contribution in [2.24, 2.45) is 7.05 Å². The van der Waals surface area contributed by atoms with Crippen molar-refractivity contribution in [3.8, 4) is 0 Å². The maximum Gasteiger partial charge on any atom is 0.156 e. The average Bonchev–Trinajstić information content (AvgIpc) is 2.90. The molecular formula is C19H24N6. The number of nitrogens with zero attached hydrogens (tertiary/aromatic N) is 5. The van der Waals surface area contributed by atoms with Gasteiger partial charge in [0.2, 0.25) is 0 Å². The van der Waals surface area contributed by atoms with E-state index in [4.69, 9.17) is 9.97 Å². The van der Waals surface area contributed by atoms with E-state index in [1.165, 1.54) is 0 Å². The third-order valence-electron chi connectivity index (χ3n) is 3.79. The normalized spacial score (nSPS) is 11.7. The summed E-state index contributed by atoms with van der Waals surface area (Å²) < 4.78 is 1.87. The molecule has 0 aliphatic heterocycles. The van der Waals surface area contributed by atoms with Crippen LogP contribution in [0.15, 0.2) is 24.5 Å². The highest BCUT2D eigenvalue weighted by molar-refractivity contribution is 5.89. The topological polar surface area (TPSA) is 68.5 Å². The van der Waals surface area contributed by atoms with E-state index in [0.717, 1.165) is 41.0 Å². The van der Waals surface area contributed by atoms with E-state index in [-0.39, 0.29) is 6.04 Å². The Labute approximate surface area is 148 Å². The van der Waals surface area contributed by atoms with Crippen molar-refractivity contribution in [3.63, 3.8) is 0 Å². The number of aromatic nitrogens is 5. The van der Waals surface area contributed by atoms with Crippen LogP contribution in [0.25, 0.3) is 23.2 Å². The molecule has 0 saturated heterocycles. The Morgan fingerprint density at radius 1 is 1.24 bits per heavy atom. The lowest BCUT2D eigenvalue weighted by Gasteiger charge is -2.11. The molecule has 3 aromatic rings. The Morgan fingerprint density at radius 2 is 2.08 bits per heavy atom. The summed E-state index contributed by atoms with van der Waals surface area (Å²) in [6.45, 7) is 6.35. The summed E-state index contributed by atoms with van der Waals surface area (Å²) in [4.78, 5) is 13.6. The van der Waals surface area contributed by atoms with E-state index in [9.17, 15) is 0 Å². The van der Waals surface area contributed by atoms with E-state index >= 15 is 0 Å². The lowest BCUT2D eigenvalue weighted by Crippen LogP contribution is -2.13. The van der Waals surface area contributed by atoms with Gasteiger partial charge in [0, 0.05) is 25.5 Å². The monoisotopic (exact) mass is 336 g/mol. The van der Waals surface area contributed by atoms with Crippen LogP contribution in [0.2, 0.25) is 0 Å². The predicted molar refractivity (Wildman–Crippen MR) is 102 cm³/mol. The van der Waals surface area contributed by atoms with Gasteiger partial charge in [-0.25, -0.2) is 9.97 Å². The molecule has 6 heteroatoms. The molecule has 0 atom stereocenters. The highest BCUT2D eigenvalue weighted by atomic mass is 15.3. The molecule has 0 fully saturated rings. The molecule has 0 bridgehead atoms. The molecule has 6 nitrogen and oxygen atoms in total. The SMILES string of the molecule is CCCc1nn(C)c2c(NC(C)C)nc(C=Cc3cccnc3)nc12. The van der Waals surface area contributed by atoms with Crippen LogP contribution in [0.4, 0.5) is 5.82 Å². The molecule has 0 radical (unpaired) electrons. The Kier molecular flexibility index (Phi) is 5.07. The third-order valence-corrected chi connectivity index (χ3v) is 3.79. The zero-order valence-corrected chi connectivity index (χ0v) is 15.2. The quantitative estimate of drug-likeness (QED) is 0.743. The molecule has 0 spiro atoms. The summed E-state index contributed by atoms with van der Waals surface area (Å²) in [5.74, 6) is 1.49. The molecule has 0 aliphatic rings. The number of anilines is 1. The first kappa shape index (κ1) is 17.1. The summed E-state index contributed by atoms with van der Waals surface area (Å²) in [6, 6.07) is 4.19. The van der Waals surface area contributed by atoms with Crippen molar-refractivity contribution in [3.05, 3.63) is 41.6 Å². The van der Waals surface area contributed by atoms with Gasteiger partial charge in [-0.15, -0.1) is 0 Å². The fourth-order valence-electron chi connectivity index (χ4n) is 2.76. The molecule has 3 heterocycles. The van der Waals surface area contributed by atoms with Gasteiger partial charge in [0.15, 0.2) is 11.6 Å². The first-order chi connectivity index (χ1) is 12.1. The van der Waals surface area contributed by atoms with Crippen LogP contribution in [0.1, 0.15) is 44.3 Å². The Bertz CT molecular complexity index is 880. The highest BCUT2D eigenvalue weighted by Gasteiger charge is 2.16. The second-order valence-corrected chi connectivity index (χ2v) is 6.37. The molecule has 0 saturated carbocycles. The molecule has 130 valence electrons. The smallest absolute Gasteiger partial charge is 0.156 e. The Hall–Kier alpha value is -2.76. The lowest BCUT2D eigenvalue weighted by atomic mass is 10.2. The van der Waals surface area contributed by atoms with Gasteiger partial charge < -0.3 is 5.32 Å². The fourth-order valence-corrected chi connectivity index (χ4v) is 2.76. The van der Waals surface area contributed by atoms with Gasteiger partial charge in [0.05, 0.1) is 5.69 Å². The van der Waals surface area contributed by atoms with Crippen LogP contribution in [-0.4, -0.2) is 30.8 Å². The number of rotatable bonds is 6. The number of hydrogen-bond acceptors (Lipinski definition) is 5. The molecule has 0 aliphatic carbocycles. The standard InChI is InChI=1S/C19H24N6/c1-5-7-15-17-18(25(4)24-15)19(21-13(2)3)23-16(22-17)10-9-14-8-6-11-20-12-14/h6,8-13H,5,7H2,1-4H3,(H,21,22,23). The third kappa shape index (κ3) is 3.84. The summed E-state index contributed by atoms with van der Waals surface area (Å²) in [5, 5.41) is 8.07. The van der Waals surface area contributed by atoms with Crippen LogP contribution < -0.4 is 5.32 Å². The zero-order valence-electron chi connectivity index (χ0n) is 15.2. The van der Waals surface area contributed by atoms with Crippen molar-refractivity contribution < 1.29 is 0 Å². The molecule has 1 N–H and O–H groups in total. The number of pyridine rings is 1. The maximum absolute atomic E-state index is 4.76. The number of nitrogens with one attached hydrogen (secondary N) is 1. The lowest BCUT2D eigenvalue weighted by molar-refractivity contribution is 0.751. The van der Waals surface area contributed by atoms with Gasteiger partial charge in [-0.3, -0.25) is 9.67 Å². The van der Waals surface area contributed by atoms with E-state index in [2.05, 4.69) is 36.2 Å². The predicted octanol–water partition coefficient (Wildman–Crippen LogP) is 3.70. The second-order valence-electron chi connectivity index (χ2n) is 6.37. The number of hydrogen-bond donors (Lipinski definition) is 1. The van der Waals surface area contributed by atoms with Gasteiger partial charge in [0.25, 0.3) is 0 Å². The summed E-state index contributed by atoms with van der Waals surface area (Å²) in [7, 11) is 1.95. The minimum absolute atomic E-state index is 0.276. The Morgan fingerprint density at radius 3 is 2.76 bits per heavy atom. The van der Waals surface area contributed by atoms with Crippen LogP contribution >= 0.6 is 0 Å². The van der Waals surface area contributed by atoms with Crippen molar-refractivity contribution >= 4 is 29.0 Å². The average molecular weight is 336 g/mol. The number of fused-ring (bicyclic) bond motifs is 1. The van der Waals surface area contributed by atoms with E-state index in [1.54, 1.807) is 6.20 Å². The van der Waals surface area contributed by atoms with Gasteiger partial charge in [0.1, 0.15) is 11.0 Å². The van der Waals surface area contributed by atoms with E-state index in [0.29, 0.717) is 5.82 Å². The maximum atomic E-state index is 4.76. The molecule has 0 unspecified atom stereocenters. The minimum Gasteiger partial charge on any atom is -0.366 e. The van der Waals surface area contributed by atoms with Crippen molar-refractivity contribution in [1.29, 1.82) is 0 Å². The molecule has 3 aromatic heterocycles. The molecule has 25 heavy (non-hydrogen) atoms. The van der Waals surface area contributed by atoms with Crippen LogP contribution in [0, 0.1) is 0 Å². The van der Waals surface area contributed by atoms with Crippen LogP contribution in [0.3, 0.4) is 0 Å². The van der Waals surface area contributed by atoms with Gasteiger partial charge in [-0.05, 0) is 44.1 Å². The van der Waals surface area contributed by atoms with Gasteiger partial charge >= 0.3 is 0 Å². The van der Waals surface area contributed by atoms with Crippen molar-refractivity contribution in [2.75, 3.05) is 5.32 Å². The van der Waals surface area contributed by atoms with Crippen molar-refractivity contribution in [1.82, 2.24) is 24.7 Å². The van der Waals surface area contributed by atoms with Gasteiger partial charge in [-0.2, -0.15) is 5.10 Å². The molecular weight excluding hydrogens is 312 g/mol. The zero-order chi connectivity index (χ0) is 17.8. The highest BCUT2D eigenvalue weighted by Crippen LogP contribution is 2.25. The van der Waals surface area contributed by atoms with Crippen molar-refractivity contribution in [2.45, 2.75) is 39.7 Å². The van der Waals surface area contributed by atoms with E-state index in [1.807, 2.05) is 42.2 Å². The Balaban J connectivity index is 2.09. The van der Waals surface area contributed by atoms with Crippen LogP contribution in [-0.2, 0) is 13.5 Å². The summed E-state index contributed by atoms with van der Waals surface area (Å²) in [6.07, 6.45) is 9.41. The summed E-state index contributed by atoms with van der Waals surface area (Å²) >= 11 is 0. The fraction of sp³-hybridized carbons (Fsp3) is 0.368. The largest absolute Gasteiger partial charge is 0.366 e. The first-order valence-corrected chi connectivity index (χ1v) is 8.66. The number of aryl methyl sites for hydroxylation is 2. The van der Waals surface area contributed by atoms with E-state index < -0.39 is 0 Å².